The van der Waals surface area contributed by atoms with Crippen molar-refractivity contribution in [3.05, 3.63) is 71.8 Å². The van der Waals surface area contributed by atoms with E-state index in [1.165, 1.54) is 11.1 Å². The molecule has 132 valence electrons. The summed E-state index contributed by atoms with van der Waals surface area (Å²) in [4.78, 5) is 0. The maximum atomic E-state index is 6.66. The molecule has 1 saturated carbocycles. The molecule has 2 aliphatic rings. The fourth-order valence-corrected chi connectivity index (χ4v) is 4.37. The van der Waals surface area contributed by atoms with Gasteiger partial charge in [-0.15, -0.1) is 0 Å². The van der Waals surface area contributed by atoms with Crippen molar-refractivity contribution >= 4 is 0 Å². The van der Waals surface area contributed by atoms with Crippen LogP contribution in [0.4, 0.5) is 0 Å². The third-order valence-corrected chi connectivity index (χ3v) is 5.74. The van der Waals surface area contributed by atoms with Gasteiger partial charge in [-0.25, -0.2) is 0 Å². The number of hydrogen-bond acceptors (Lipinski definition) is 3. The fraction of sp³-hybridized carbons (Fsp3) is 0.455. The van der Waals surface area contributed by atoms with Crippen LogP contribution in [0.25, 0.3) is 0 Å². The Bertz CT molecular complexity index is 655. The second kappa shape index (κ2) is 6.56. The van der Waals surface area contributed by atoms with Crippen molar-refractivity contribution in [2.45, 2.75) is 50.6 Å². The molecular weight excluding hydrogens is 310 g/mol. The summed E-state index contributed by atoms with van der Waals surface area (Å²) in [6, 6.07) is 20.9. The van der Waals surface area contributed by atoms with Gasteiger partial charge in [0.05, 0.1) is 0 Å². The van der Waals surface area contributed by atoms with E-state index >= 15 is 0 Å². The Morgan fingerprint density at radius 3 is 1.88 bits per heavy atom. The van der Waals surface area contributed by atoms with Crippen LogP contribution in [-0.4, -0.2) is 12.3 Å². The zero-order chi connectivity index (χ0) is 17.3. The lowest BCUT2D eigenvalue weighted by Crippen LogP contribution is -2.44. The third-order valence-electron chi connectivity index (χ3n) is 5.74. The van der Waals surface area contributed by atoms with E-state index < -0.39 is 5.79 Å². The van der Waals surface area contributed by atoms with Crippen molar-refractivity contribution < 1.29 is 9.47 Å². The predicted octanol–water partition coefficient (Wildman–Crippen LogP) is 4.75. The Morgan fingerprint density at radius 2 is 1.40 bits per heavy atom. The topological polar surface area (TPSA) is 44.5 Å². The highest BCUT2D eigenvalue weighted by molar-refractivity contribution is 5.27. The summed E-state index contributed by atoms with van der Waals surface area (Å²) in [5, 5.41) is 0. The predicted molar refractivity (Wildman–Crippen MR) is 98.9 cm³/mol. The minimum absolute atomic E-state index is 0.0799. The summed E-state index contributed by atoms with van der Waals surface area (Å²) >= 11 is 0. The van der Waals surface area contributed by atoms with Crippen LogP contribution in [0.5, 0.6) is 0 Å². The van der Waals surface area contributed by atoms with Gasteiger partial charge < -0.3 is 15.2 Å². The van der Waals surface area contributed by atoms with Gasteiger partial charge in [-0.05, 0) is 35.9 Å². The Hall–Kier alpha value is -1.68. The standard InChI is InChI=1S/C22H27NO2/c1-21(16-23)13-8-14-22(15-21)24-19(17-9-4-2-5-10-17)20(25-22)18-11-6-3-7-12-18/h2-7,9-12,19-20H,8,13-16,23H2,1H3/t19-,20-,21+/m1/s1. The quantitative estimate of drug-likeness (QED) is 0.879. The Kier molecular flexibility index (Phi) is 4.40. The second-order valence-corrected chi connectivity index (χ2v) is 7.85. The summed E-state index contributed by atoms with van der Waals surface area (Å²) in [6.07, 6.45) is 3.88. The number of nitrogens with two attached hydrogens (primary N) is 1. The smallest absolute Gasteiger partial charge is 0.170 e. The van der Waals surface area contributed by atoms with Gasteiger partial charge >= 0.3 is 0 Å². The highest BCUT2D eigenvalue weighted by atomic mass is 16.8. The van der Waals surface area contributed by atoms with Gasteiger partial charge in [-0.1, -0.05) is 67.6 Å². The summed E-state index contributed by atoms with van der Waals surface area (Å²) < 4.78 is 13.3. The molecule has 0 unspecified atom stereocenters. The van der Waals surface area contributed by atoms with E-state index in [4.69, 9.17) is 15.2 Å². The maximum absolute atomic E-state index is 6.66. The molecule has 3 nitrogen and oxygen atoms in total. The van der Waals surface area contributed by atoms with Gasteiger partial charge in [0.15, 0.2) is 5.79 Å². The third kappa shape index (κ3) is 3.24. The molecule has 25 heavy (non-hydrogen) atoms. The fourth-order valence-electron chi connectivity index (χ4n) is 4.37. The number of benzene rings is 2. The zero-order valence-corrected chi connectivity index (χ0v) is 14.9. The zero-order valence-electron chi connectivity index (χ0n) is 14.9. The highest BCUT2D eigenvalue weighted by Crippen LogP contribution is 2.55. The lowest BCUT2D eigenvalue weighted by molar-refractivity contribution is -0.215. The van der Waals surface area contributed by atoms with Gasteiger partial charge in [0.2, 0.25) is 0 Å². The van der Waals surface area contributed by atoms with Crippen LogP contribution >= 0.6 is 0 Å². The number of rotatable bonds is 3. The van der Waals surface area contributed by atoms with Gasteiger partial charge in [0.25, 0.3) is 0 Å². The molecule has 0 aromatic heterocycles. The Balaban J connectivity index is 1.69. The van der Waals surface area contributed by atoms with Crippen molar-refractivity contribution in [2.24, 2.45) is 11.1 Å². The van der Waals surface area contributed by atoms with Crippen LogP contribution in [0, 0.1) is 5.41 Å². The van der Waals surface area contributed by atoms with E-state index in [0.29, 0.717) is 6.54 Å². The molecule has 1 aliphatic carbocycles. The average Bonchev–Trinajstić information content (AvgIpc) is 3.02. The highest BCUT2D eigenvalue weighted by Gasteiger charge is 2.53. The molecule has 1 spiro atoms. The van der Waals surface area contributed by atoms with Crippen molar-refractivity contribution in [2.75, 3.05) is 6.54 Å². The van der Waals surface area contributed by atoms with Crippen LogP contribution < -0.4 is 5.73 Å². The first-order valence-corrected chi connectivity index (χ1v) is 9.29. The minimum Gasteiger partial charge on any atom is -0.339 e. The van der Waals surface area contributed by atoms with Crippen LogP contribution in [-0.2, 0) is 9.47 Å². The van der Waals surface area contributed by atoms with E-state index in [-0.39, 0.29) is 17.6 Å². The molecule has 1 heterocycles. The van der Waals surface area contributed by atoms with E-state index in [2.05, 4.69) is 55.5 Å². The summed E-state index contributed by atoms with van der Waals surface area (Å²) in [5.41, 5.74) is 8.51. The first-order valence-electron chi connectivity index (χ1n) is 9.29. The second-order valence-electron chi connectivity index (χ2n) is 7.85. The molecular formula is C22H27NO2. The van der Waals surface area contributed by atoms with Crippen molar-refractivity contribution in [3.63, 3.8) is 0 Å². The van der Waals surface area contributed by atoms with Crippen LogP contribution in [0.1, 0.15) is 55.9 Å². The molecule has 2 N–H and O–H groups in total. The molecule has 2 fully saturated rings. The largest absolute Gasteiger partial charge is 0.339 e. The van der Waals surface area contributed by atoms with Gasteiger partial charge in [-0.2, -0.15) is 0 Å². The molecule has 2 aromatic carbocycles. The Morgan fingerprint density at radius 1 is 0.880 bits per heavy atom. The molecule has 2 aromatic rings. The minimum atomic E-state index is -0.520. The van der Waals surface area contributed by atoms with Gasteiger partial charge in [-0.3, -0.25) is 0 Å². The number of hydrogen-bond donors (Lipinski definition) is 1. The number of ether oxygens (including phenoxy) is 2. The molecule has 3 heteroatoms. The van der Waals surface area contributed by atoms with Crippen molar-refractivity contribution in [1.82, 2.24) is 0 Å². The lowest BCUT2D eigenvalue weighted by atomic mass is 9.73. The summed E-state index contributed by atoms with van der Waals surface area (Å²) in [7, 11) is 0. The molecule has 0 radical (unpaired) electrons. The van der Waals surface area contributed by atoms with Gasteiger partial charge in [0, 0.05) is 12.8 Å². The first-order chi connectivity index (χ1) is 12.1. The van der Waals surface area contributed by atoms with E-state index in [0.717, 1.165) is 25.7 Å². The summed E-state index contributed by atoms with van der Waals surface area (Å²) in [5.74, 6) is -0.520. The maximum Gasteiger partial charge on any atom is 0.170 e. The Labute approximate surface area is 150 Å². The monoisotopic (exact) mass is 337 g/mol. The lowest BCUT2D eigenvalue weighted by Gasteiger charge is -2.42. The van der Waals surface area contributed by atoms with Crippen LogP contribution in [0.2, 0.25) is 0 Å². The molecule has 4 rings (SSSR count). The SMILES string of the molecule is C[C@]1(CN)CCCC2(C1)O[C@H](c1ccccc1)[C@@H](c1ccccc1)O2. The van der Waals surface area contributed by atoms with Gasteiger partial charge in [0.1, 0.15) is 12.2 Å². The van der Waals surface area contributed by atoms with E-state index in [1.54, 1.807) is 0 Å². The van der Waals surface area contributed by atoms with Crippen LogP contribution in [0.15, 0.2) is 60.7 Å². The normalized spacial score (nSPS) is 31.3. The first kappa shape index (κ1) is 16.8. The molecule has 1 saturated heterocycles. The van der Waals surface area contributed by atoms with Crippen molar-refractivity contribution in [3.8, 4) is 0 Å². The molecule has 0 amide bonds. The molecule has 1 aliphatic heterocycles. The van der Waals surface area contributed by atoms with E-state index in [1.807, 2.05) is 12.1 Å². The van der Waals surface area contributed by atoms with E-state index in [9.17, 15) is 0 Å². The van der Waals surface area contributed by atoms with Crippen molar-refractivity contribution in [1.29, 1.82) is 0 Å². The van der Waals surface area contributed by atoms with Crippen LogP contribution in [0.3, 0.4) is 0 Å². The molecule has 3 atom stereocenters. The summed E-state index contributed by atoms with van der Waals surface area (Å²) in [6.45, 7) is 2.93. The molecule has 0 bridgehead atoms. The average molecular weight is 337 g/mol.